The number of oxazole rings is 1. The third-order valence-corrected chi connectivity index (χ3v) is 3.77. The van der Waals surface area contributed by atoms with Gasteiger partial charge in [0.1, 0.15) is 0 Å². The number of carbonyl (C=O) groups is 1. The molecule has 0 aliphatic heterocycles. The van der Waals surface area contributed by atoms with Crippen molar-refractivity contribution in [3.8, 4) is 0 Å². The Bertz CT molecular complexity index is 611. The van der Waals surface area contributed by atoms with Gasteiger partial charge in [-0.15, -0.1) is 0 Å². The van der Waals surface area contributed by atoms with Gasteiger partial charge in [-0.3, -0.25) is 4.79 Å². The van der Waals surface area contributed by atoms with E-state index in [1.165, 1.54) is 0 Å². The van der Waals surface area contributed by atoms with E-state index in [0.717, 1.165) is 19.4 Å². The maximum absolute atomic E-state index is 12.1. The van der Waals surface area contributed by atoms with Crippen LogP contribution in [0.3, 0.4) is 0 Å². The van der Waals surface area contributed by atoms with Gasteiger partial charge >= 0.3 is 0 Å². The predicted octanol–water partition coefficient (Wildman–Crippen LogP) is 1.70. The summed E-state index contributed by atoms with van der Waals surface area (Å²) in [4.78, 5) is 20.2. The van der Waals surface area contributed by atoms with Crippen LogP contribution in [-0.2, 0) is 6.54 Å². The topological polar surface area (TPSA) is 73.0 Å². The van der Waals surface area contributed by atoms with Crippen LogP contribution in [0.4, 0.5) is 0 Å². The molecule has 0 unspecified atom stereocenters. The number of amides is 1. The van der Waals surface area contributed by atoms with Gasteiger partial charge in [0.15, 0.2) is 5.89 Å². The fourth-order valence-electron chi connectivity index (χ4n) is 2.43. The molecular weight excluding hydrogens is 256 g/mol. The molecule has 2 aromatic rings. The highest BCUT2D eigenvalue weighted by molar-refractivity contribution is 5.92. The third-order valence-electron chi connectivity index (χ3n) is 3.77. The number of hydrogen-bond acceptors (Lipinski definition) is 4. The number of rotatable bonds is 5. The molecule has 106 valence electrons. The Hall–Kier alpha value is -2.11. The maximum atomic E-state index is 12.1. The zero-order chi connectivity index (χ0) is 14.2. The Labute approximate surface area is 117 Å². The summed E-state index contributed by atoms with van der Waals surface area (Å²) in [7, 11) is 0. The SMILES string of the molecule is Cc1nc(C)c(C(=O)NCC2(Cn3ccnc3)CC2)o1. The van der Waals surface area contributed by atoms with Crippen LogP contribution in [0.1, 0.15) is 35.0 Å². The monoisotopic (exact) mass is 274 g/mol. The first kappa shape index (κ1) is 12.9. The molecule has 3 rings (SSSR count). The second kappa shape index (κ2) is 4.77. The summed E-state index contributed by atoms with van der Waals surface area (Å²) in [6.07, 6.45) is 7.78. The molecule has 0 saturated heterocycles. The first-order valence-corrected chi connectivity index (χ1v) is 6.76. The molecule has 2 heterocycles. The van der Waals surface area contributed by atoms with Gasteiger partial charge in [-0.2, -0.15) is 0 Å². The molecule has 0 radical (unpaired) electrons. The van der Waals surface area contributed by atoms with Gasteiger partial charge in [0.05, 0.1) is 12.0 Å². The molecule has 1 fully saturated rings. The molecule has 6 nitrogen and oxygen atoms in total. The van der Waals surface area contributed by atoms with E-state index in [4.69, 9.17) is 4.42 Å². The lowest BCUT2D eigenvalue weighted by Crippen LogP contribution is -2.32. The van der Waals surface area contributed by atoms with Crippen molar-refractivity contribution in [1.29, 1.82) is 0 Å². The summed E-state index contributed by atoms with van der Waals surface area (Å²) in [5.41, 5.74) is 0.804. The van der Waals surface area contributed by atoms with E-state index >= 15 is 0 Å². The number of nitrogens with one attached hydrogen (secondary N) is 1. The largest absolute Gasteiger partial charge is 0.436 e. The Balaban J connectivity index is 1.59. The van der Waals surface area contributed by atoms with Crippen molar-refractivity contribution >= 4 is 5.91 Å². The van der Waals surface area contributed by atoms with E-state index in [0.29, 0.717) is 23.9 Å². The van der Waals surface area contributed by atoms with Crippen molar-refractivity contribution in [1.82, 2.24) is 19.9 Å². The van der Waals surface area contributed by atoms with Gasteiger partial charge < -0.3 is 14.3 Å². The van der Waals surface area contributed by atoms with Crippen molar-refractivity contribution in [2.75, 3.05) is 6.54 Å². The Morgan fingerprint density at radius 3 is 2.85 bits per heavy atom. The van der Waals surface area contributed by atoms with Crippen molar-refractivity contribution in [3.05, 3.63) is 36.1 Å². The summed E-state index contributed by atoms with van der Waals surface area (Å²) < 4.78 is 7.39. The molecule has 0 spiro atoms. The summed E-state index contributed by atoms with van der Waals surface area (Å²) in [5, 5.41) is 2.96. The highest BCUT2D eigenvalue weighted by atomic mass is 16.4. The number of nitrogens with zero attached hydrogens (tertiary/aromatic N) is 3. The molecule has 1 N–H and O–H groups in total. The fraction of sp³-hybridized carbons (Fsp3) is 0.500. The molecule has 1 aliphatic rings. The summed E-state index contributed by atoms with van der Waals surface area (Å²) in [6.45, 7) is 5.07. The number of imidazole rings is 1. The molecule has 1 aliphatic carbocycles. The summed E-state index contributed by atoms with van der Waals surface area (Å²) in [5.74, 6) is 0.660. The zero-order valence-corrected chi connectivity index (χ0v) is 11.7. The molecule has 1 saturated carbocycles. The van der Waals surface area contributed by atoms with Crippen LogP contribution in [0.25, 0.3) is 0 Å². The van der Waals surface area contributed by atoms with Crippen LogP contribution in [-0.4, -0.2) is 27.0 Å². The Morgan fingerprint density at radius 1 is 1.50 bits per heavy atom. The van der Waals surface area contributed by atoms with Gasteiger partial charge in [-0.05, 0) is 19.8 Å². The van der Waals surface area contributed by atoms with E-state index in [-0.39, 0.29) is 11.3 Å². The molecule has 6 heteroatoms. The maximum Gasteiger partial charge on any atom is 0.289 e. The smallest absolute Gasteiger partial charge is 0.289 e. The second-order valence-electron chi connectivity index (χ2n) is 5.57. The average molecular weight is 274 g/mol. The molecule has 0 bridgehead atoms. The van der Waals surface area contributed by atoms with Crippen molar-refractivity contribution in [2.45, 2.75) is 33.2 Å². The Kier molecular flexibility index (Phi) is 3.08. The van der Waals surface area contributed by atoms with E-state index in [1.807, 2.05) is 12.5 Å². The van der Waals surface area contributed by atoms with Crippen molar-refractivity contribution < 1.29 is 9.21 Å². The fourth-order valence-corrected chi connectivity index (χ4v) is 2.43. The zero-order valence-electron chi connectivity index (χ0n) is 11.7. The second-order valence-corrected chi connectivity index (χ2v) is 5.57. The van der Waals surface area contributed by atoms with E-state index in [1.54, 1.807) is 20.0 Å². The molecule has 0 aromatic carbocycles. The van der Waals surface area contributed by atoms with Crippen LogP contribution in [0.5, 0.6) is 0 Å². The minimum absolute atomic E-state index is 0.166. The van der Waals surface area contributed by atoms with Gasteiger partial charge in [-0.1, -0.05) is 0 Å². The van der Waals surface area contributed by atoms with E-state index < -0.39 is 0 Å². The lowest BCUT2D eigenvalue weighted by Gasteiger charge is -2.16. The predicted molar refractivity (Wildman–Crippen MR) is 72.2 cm³/mol. The standard InChI is InChI=1S/C14H18N4O2/c1-10-12(20-11(2)17-10)13(19)16-7-14(3-4-14)8-18-6-5-15-9-18/h5-6,9H,3-4,7-8H2,1-2H3,(H,16,19). The number of aromatic nitrogens is 3. The highest BCUT2D eigenvalue weighted by Gasteiger charge is 2.43. The normalized spacial score (nSPS) is 16.1. The van der Waals surface area contributed by atoms with Gasteiger partial charge in [-0.25, -0.2) is 9.97 Å². The lowest BCUT2D eigenvalue weighted by atomic mass is 10.1. The van der Waals surface area contributed by atoms with Crippen LogP contribution in [0.15, 0.2) is 23.1 Å². The average Bonchev–Trinajstić information content (AvgIpc) is 2.81. The molecule has 20 heavy (non-hydrogen) atoms. The Morgan fingerprint density at radius 2 is 2.30 bits per heavy atom. The molecule has 2 aromatic heterocycles. The van der Waals surface area contributed by atoms with E-state index in [2.05, 4.69) is 19.9 Å². The summed E-state index contributed by atoms with van der Waals surface area (Å²) >= 11 is 0. The summed E-state index contributed by atoms with van der Waals surface area (Å²) in [6, 6.07) is 0. The molecule has 1 amide bonds. The number of hydrogen-bond donors (Lipinski definition) is 1. The van der Waals surface area contributed by atoms with Crippen LogP contribution < -0.4 is 5.32 Å². The van der Waals surface area contributed by atoms with Crippen LogP contribution >= 0.6 is 0 Å². The molecular formula is C14H18N4O2. The van der Waals surface area contributed by atoms with E-state index in [9.17, 15) is 4.79 Å². The van der Waals surface area contributed by atoms with Crippen molar-refractivity contribution in [2.24, 2.45) is 5.41 Å². The molecule has 0 atom stereocenters. The minimum atomic E-state index is -0.181. The first-order chi connectivity index (χ1) is 9.58. The van der Waals surface area contributed by atoms with Gasteiger partial charge in [0, 0.05) is 37.8 Å². The van der Waals surface area contributed by atoms with Crippen LogP contribution in [0, 0.1) is 19.3 Å². The third kappa shape index (κ3) is 2.59. The quantitative estimate of drug-likeness (QED) is 0.900. The van der Waals surface area contributed by atoms with Gasteiger partial charge in [0.2, 0.25) is 5.76 Å². The number of carbonyl (C=O) groups excluding carboxylic acids is 1. The first-order valence-electron chi connectivity index (χ1n) is 6.76. The number of aryl methyl sites for hydroxylation is 2. The highest BCUT2D eigenvalue weighted by Crippen LogP contribution is 2.46. The van der Waals surface area contributed by atoms with Crippen LogP contribution in [0.2, 0.25) is 0 Å². The lowest BCUT2D eigenvalue weighted by molar-refractivity contribution is 0.0913. The van der Waals surface area contributed by atoms with Gasteiger partial charge in [0.25, 0.3) is 5.91 Å². The van der Waals surface area contributed by atoms with Crippen molar-refractivity contribution in [3.63, 3.8) is 0 Å². The minimum Gasteiger partial charge on any atom is -0.436 e.